The maximum atomic E-state index is 12.7. The number of Topliss-reactive ketones (excluding diaryl/α,β-unsaturated/α-hetero) is 1. The summed E-state index contributed by atoms with van der Waals surface area (Å²) in [5.41, 5.74) is 1.55. The fraction of sp³-hybridized carbons (Fsp3) is 0.300. The molecule has 2 rings (SSSR count). The Morgan fingerprint density at radius 2 is 2.25 bits per heavy atom. The molecule has 2 heteroatoms. The molecule has 0 heterocycles. The Kier molecular flexibility index (Phi) is 1.50. The van der Waals surface area contributed by atoms with Gasteiger partial charge in [-0.05, 0) is 24.1 Å². The second-order valence-corrected chi connectivity index (χ2v) is 3.27. The van der Waals surface area contributed by atoms with E-state index < -0.39 is 0 Å². The predicted molar refractivity (Wildman–Crippen MR) is 43.6 cm³/mol. The Morgan fingerprint density at radius 3 is 3.00 bits per heavy atom. The predicted octanol–water partition coefficient (Wildman–Crippen LogP) is 2.20. The Bertz CT molecular complexity index is 344. The van der Waals surface area contributed by atoms with Crippen LogP contribution in [0.3, 0.4) is 0 Å². The third-order valence-corrected chi connectivity index (χ3v) is 2.31. The number of halogens is 1. The maximum absolute atomic E-state index is 12.7. The zero-order valence-corrected chi connectivity index (χ0v) is 6.80. The van der Waals surface area contributed by atoms with Crippen LogP contribution in [-0.2, 0) is 6.42 Å². The fourth-order valence-corrected chi connectivity index (χ4v) is 1.64. The zero-order chi connectivity index (χ0) is 8.72. The van der Waals surface area contributed by atoms with Crippen molar-refractivity contribution in [3.63, 3.8) is 0 Å². The molecule has 1 aromatic carbocycles. The summed E-state index contributed by atoms with van der Waals surface area (Å²) in [4.78, 5) is 11.4. The monoisotopic (exact) mass is 164 g/mol. The van der Waals surface area contributed by atoms with E-state index in [9.17, 15) is 9.18 Å². The second kappa shape index (κ2) is 2.41. The summed E-state index contributed by atoms with van der Waals surface area (Å²) in [7, 11) is 0. The minimum Gasteiger partial charge on any atom is -0.294 e. The molecular weight excluding hydrogens is 155 g/mol. The molecule has 0 saturated heterocycles. The van der Waals surface area contributed by atoms with Crippen LogP contribution in [0, 0.1) is 11.7 Å². The molecule has 0 N–H and O–H groups in total. The van der Waals surface area contributed by atoms with Crippen molar-refractivity contribution in [1.29, 1.82) is 0 Å². The summed E-state index contributed by atoms with van der Waals surface area (Å²) < 4.78 is 12.7. The van der Waals surface area contributed by atoms with Gasteiger partial charge in [0, 0.05) is 11.5 Å². The molecule has 1 atom stereocenters. The topological polar surface area (TPSA) is 17.1 Å². The SMILES string of the molecule is C[C@H]1Cc2ccc(F)cc2C1=O. The normalized spacial score (nSPS) is 21.2. The molecule has 0 aromatic heterocycles. The van der Waals surface area contributed by atoms with Crippen LogP contribution in [0.4, 0.5) is 4.39 Å². The van der Waals surface area contributed by atoms with Crippen molar-refractivity contribution in [2.75, 3.05) is 0 Å². The highest BCUT2D eigenvalue weighted by Gasteiger charge is 2.26. The van der Waals surface area contributed by atoms with Crippen molar-refractivity contribution in [2.45, 2.75) is 13.3 Å². The van der Waals surface area contributed by atoms with E-state index in [1.54, 1.807) is 6.07 Å². The number of rotatable bonds is 0. The van der Waals surface area contributed by atoms with Gasteiger partial charge in [0.15, 0.2) is 5.78 Å². The highest BCUT2D eigenvalue weighted by Crippen LogP contribution is 2.26. The van der Waals surface area contributed by atoms with Gasteiger partial charge in [-0.15, -0.1) is 0 Å². The van der Waals surface area contributed by atoms with Gasteiger partial charge >= 0.3 is 0 Å². The first-order valence-corrected chi connectivity index (χ1v) is 4.01. The number of hydrogen-bond donors (Lipinski definition) is 0. The number of ketones is 1. The second-order valence-electron chi connectivity index (χ2n) is 3.27. The highest BCUT2D eigenvalue weighted by molar-refractivity contribution is 6.01. The van der Waals surface area contributed by atoms with Crippen molar-refractivity contribution < 1.29 is 9.18 Å². The molecule has 62 valence electrons. The van der Waals surface area contributed by atoms with Crippen LogP contribution in [-0.4, -0.2) is 5.78 Å². The Hall–Kier alpha value is -1.18. The van der Waals surface area contributed by atoms with E-state index in [0.29, 0.717) is 5.56 Å². The van der Waals surface area contributed by atoms with Gasteiger partial charge in [0.25, 0.3) is 0 Å². The number of carbonyl (C=O) groups is 1. The molecule has 0 saturated carbocycles. The molecule has 0 unspecified atom stereocenters. The quantitative estimate of drug-likeness (QED) is 0.574. The third kappa shape index (κ3) is 0.951. The largest absolute Gasteiger partial charge is 0.294 e. The first kappa shape index (κ1) is 7.47. The molecule has 1 aliphatic rings. The van der Waals surface area contributed by atoms with E-state index in [0.717, 1.165) is 12.0 Å². The minimum absolute atomic E-state index is 0.0294. The molecule has 0 radical (unpaired) electrons. The van der Waals surface area contributed by atoms with Crippen LogP contribution >= 0.6 is 0 Å². The zero-order valence-electron chi connectivity index (χ0n) is 6.80. The van der Waals surface area contributed by atoms with E-state index in [2.05, 4.69) is 0 Å². The highest BCUT2D eigenvalue weighted by atomic mass is 19.1. The first-order valence-electron chi connectivity index (χ1n) is 4.01. The van der Waals surface area contributed by atoms with Gasteiger partial charge in [0.05, 0.1) is 0 Å². The maximum Gasteiger partial charge on any atom is 0.166 e. The van der Waals surface area contributed by atoms with Crippen LogP contribution in [0.15, 0.2) is 18.2 Å². The molecule has 0 spiro atoms. The lowest BCUT2D eigenvalue weighted by atomic mass is 10.1. The van der Waals surface area contributed by atoms with Crippen LogP contribution in [0.25, 0.3) is 0 Å². The van der Waals surface area contributed by atoms with Crippen molar-refractivity contribution in [1.82, 2.24) is 0 Å². The van der Waals surface area contributed by atoms with Crippen molar-refractivity contribution in [3.05, 3.63) is 35.1 Å². The van der Waals surface area contributed by atoms with E-state index in [1.807, 2.05) is 6.92 Å². The molecule has 0 fully saturated rings. The van der Waals surface area contributed by atoms with Gasteiger partial charge in [-0.25, -0.2) is 4.39 Å². The third-order valence-electron chi connectivity index (χ3n) is 2.31. The lowest BCUT2D eigenvalue weighted by Crippen LogP contribution is -2.02. The fourth-order valence-electron chi connectivity index (χ4n) is 1.64. The lowest BCUT2D eigenvalue weighted by Gasteiger charge is -1.95. The standard InChI is InChI=1S/C10H9FO/c1-6-4-7-2-3-8(11)5-9(7)10(6)12/h2-3,5-6H,4H2,1H3/t6-/m0/s1. The van der Waals surface area contributed by atoms with Crippen molar-refractivity contribution in [3.8, 4) is 0 Å². The molecule has 1 nitrogen and oxygen atoms in total. The molecule has 1 aromatic rings. The van der Waals surface area contributed by atoms with E-state index in [4.69, 9.17) is 0 Å². The van der Waals surface area contributed by atoms with Gasteiger partial charge in [-0.2, -0.15) is 0 Å². The van der Waals surface area contributed by atoms with Gasteiger partial charge in [-0.3, -0.25) is 4.79 Å². The number of fused-ring (bicyclic) bond motifs is 1. The minimum atomic E-state index is -0.323. The Labute approximate surface area is 70.2 Å². The van der Waals surface area contributed by atoms with Gasteiger partial charge in [-0.1, -0.05) is 13.0 Å². The molecule has 0 amide bonds. The number of benzene rings is 1. The Balaban J connectivity index is 2.56. The lowest BCUT2D eigenvalue weighted by molar-refractivity contribution is 0.0946. The molecule has 0 aliphatic heterocycles. The van der Waals surface area contributed by atoms with E-state index in [-0.39, 0.29) is 17.5 Å². The van der Waals surface area contributed by atoms with Crippen molar-refractivity contribution in [2.24, 2.45) is 5.92 Å². The molecule has 1 aliphatic carbocycles. The summed E-state index contributed by atoms with van der Waals surface area (Å²) >= 11 is 0. The summed E-state index contributed by atoms with van der Waals surface area (Å²) in [6.07, 6.45) is 0.758. The van der Waals surface area contributed by atoms with Crippen LogP contribution in [0.2, 0.25) is 0 Å². The Morgan fingerprint density at radius 1 is 1.50 bits per heavy atom. The van der Waals surface area contributed by atoms with Crippen LogP contribution < -0.4 is 0 Å². The summed E-state index contributed by atoms with van der Waals surface area (Å²) in [5, 5.41) is 0. The number of carbonyl (C=O) groups excluding carboxylic acids is 1. The summed E-state index contributed by atoms with van der Waals surface area (Å²) in [6, 6.07) is 4.44. The smallest absolute Gasteiger partial charge is 0.166 e. The van der Waals surface area contributed by atoms with Crippen LogP contribution in [0.1, 0.15) is 22.8 Å². The van der Waals surface area contributed by atoms with Gasteiger partial charge < -0.3 is 0 Å². The van der Waals surface area contributed by atoms with E-state index >= 15 is 0 Å². The summed E-state index contributed by atoms with van der Waals surface area (Å²) in [5.74, 6) is -0.220. The van der Waals surface area contributed by atoms with E-state index in [1.165, 1.54) is 12.1 Å². The van der Waals surface area contributed by atoms with Crippen LogP contribution in [0.5, 0.6) is 0 Å². The van der Waals surface area contributed by atoms with Gasteiger partial charge in [0.2, 0.25) is 0 Å². The first-order chi connectivity index (χ1) is 5.68. The van der Waals surface area contributed by atoms with Crippen molar-refractivity contribution >= 4 is 5.78 Å². The average Bonchev–Trinajstić information content (AvgIpc) is 2.31. The molecule has 12 heavy (non-hydrogen) atoms. The molecule has 0 bridgehead atoms. The number of hydrogen-bond acceptors (Lipinski definition) is 1. The van der Waals surface area contributed by atoms with Gasteiger partial charge in [0.1, 0.15) is 5.82 Å². The average molecular weight is 164 g/mol. The molecular formula is C10H9FO. The summed E-state index contributed by atoms with van der Waals surface area (Å²) in [6.45, 7) is 1.88.